The van der Waals surface area contributed by atoms with Crippen molar-refractivity contribution >= 4 is 5.91 Å². The molecule has 0 unspecified atom stereocenters. The van der Waals surface area contributed by atoms with Gasteiger partial charge in [-0.2, -0.15) is 0 Å². The number of aryl methyl sites for hydroxylation is 1. The van der Waals surface area contributed by atoms with Gasteiger partial charge in [-0.3, -0.25) is 4.79 Å². The molecule has 1 fully saturated rings. The zero-order valence-corrected chi connectivity index (χ0v) is 9.41. The lowest BCUT2D eigenvalue weighted by Crippen LogP contribution is -2.42. The Balaban J connectivity index is 2.21. The standard InChI is InChI=1S/C11H16N2O2/c1-8-7-9(12-15-8)10(14)13-6-4-5-11(13,2)3/h7H,4-6H2,1-3H3. The van der Waals surface area contributed by atoms with Crippen molar-refractivity contribution in [2.24, 2.45) is 0 Å². The first kappa shape index (κ1) is 10.2. The second kappa shape index (κ2) is 3.36. The smallest absolute Gasteiger partial charge is 0.276 e. The van der Waals surface area contributed by atoms with Crippen molar-refractivity contribution in [1.29, 1.82) is 0 Å². The number of nitrogens with zero attached hydrogens (tertiary/aromatic N) is 2. The summed E-state index contributed by atoms with van der Waals surface area (Å²) in [6, 6.07) is 1.69. The van der Waals surface area contributed by atoms with E-state index in [0.29, 0.717) is 11.5 Å². The van der Waals surface area contributed by atoms with E-state index < -0.39 is 0 Å². The fourth-order valence-electron chi connectivity index (χ4n) is 2.09. The predicted octanol–water partition coefficient (Wildman–Crippen LogP) is 2.00. The molecule has 1 aliphatic rings. The highest BCUT2D eigenvalue weighted by molar-refractivity contribution is 5.92. The molecule has 1 aromatic rings. The van der Waals surface area contributed by atoms with Crippen molar-refractivity contribution in [2.75, 3.05) is 6.54 Å². The van der Waals surface area contributed by atoms with E-state index in [4.69, 9.17) is 4.52 Å². The van der Waals surface area contributed by atoms with Crippen molar-refractivity contribution in [3.63, 3.8) is 0 Å². The minimum absolute atomic E-state index is 0.0191. The number of likely N-dealkylation sites (tertiary alicyclic amines) is 1. The van der Waals surface area contributed by atoms with Gasteiger partial charge < -0.3 is 9.42 Å². The summed E-state index contributed by atoms with van der Waals surface area (Å²) < 4.78 is 4.92. The van der Waals surface area contributed by atoms with Crippen molar-refractivity contribution in [3.8, 4) is 0 Å². The maximum atomic E-state index is 12.1. The van der Waals surface area contributed by atoms with Crippen LogP contribution in [-0.2, 0) is 0 Å². The van der Waals surface area contributed by atoms with Crippen LogP contribution in [0.25, 0.3) is 0 Å². The molecule has 4 heteroatoms. The second-order valence-electron chi connectivity index (χ2n) is 4.70. The Kier molecular flexibility index (Phi) is 2.29. The summed E-state index contributed by atoms with van der Waals surface area (Å²) in [6.07, 6.45) is 2.12. The molecule has 0 atom stereocenters. The van der Waals surface area contributed by atoms with Gasteiger partial charge in [0.1, 0.15) is 5.76 Å². The molecule has 0 radical (unpaired) electrons. The predicted molar refractivity (Wildman–Crippen MR) is 55.6 cm³/mol. The monoisotopic (exact) mass is 208 g/mol. The molecule has 2 heterocycles. The Morgan fingerprint density at radius 2 is 2.33 bits per heavy atom. The largest absolute Gasteiger partial charge is 0.361 e. The van der Waals surface area contributed by atoms with E-state index in [1.54, 1.807) is 13.0 Å². The van der Waals surface area contributed by atoms with E-state index in [1.807, 2.05) is 4.90 Å². The molecule has 0 aromatic carbocycles. The molecule has 0 spiro atoms. The Morgan fingerprint density at radius 1 is 1.60 bits per heavy atom. The van der Waals surface area contributed by atoms with Crippen molar-refractivity contribution < 1.29 is 9.32 Å². The third kappa shape index (κ3) is 1.76. The zero-order valence-electron chi connectivity index (χ0n) is 9.41. The van der Waals surface area contributed by atoms with E-state index in [2.05, 4.69) is 19.0 Å². The van der Waals surface area contributed by atoms with Crippen LogP contribution in [0.5, 0.6) is 0 Å². The lowest BCUT2D eigenvalue weighted by molar-refractivity contribution is 0.0641. The summed E-state index contributed by atoms with van der Waals surface area (Å²) in [6.45, 7) is 6.78. The molecule has 2 rings (SSSR count). The van der Waals surface area contributed by atoms with Crippen molar-refractivity contribution in [2.45, 2.75) is 39.2 Å². The highest BCUT2D eigenvalue weighted by Crippen LogP contribution is 2.29. The number of aromatic nitrogens is 1. The first-order chi connectivity index (χ1) is 7.00. The Labute approximate surface area is 89.2 Å². The van der Waals surface area contributed by atoms with Crippen LogP contribution < -0.4 is 0 Å². The number of carbonyl (C=O) groups is 1. The Hall–Kier alpha value is -1.32. The average Bonchev–Trinajstić information content (AvgIpc) is 2.70. The number of amides is 1. The van der Waals surface area contributed by atoms with Gasteiger partial charge in [-0.05, 0) is 33.6 Å². The normalized spacial score (nSPS) is 19.5. The van der Waals surface area contributed by atoms with Crippen LogP contribution in [0.4, 0.5) is 0 Å². The fourth-order valence-corrected chi connectivity index (χ4v) is 2.09. The van der Waals surface area contributed by atoms with Gasteiger partial charge in [0.2, 0.25) is 0 Å². The van der Waals surface area contributed by atoms with Crippen LogP contribution >= 0.6 is 0 Å². The molecule has 0 N–H and O–H groups in total. The van der Waals surface area contributed by atoms with E-state index in [1.165, 1.54) is 0 Å². The van der Waals surface area contributed by atoms with Gasteiger partial charge >= 0.3 is 0 Å². The van der Waals surface area contributed by atoms with E-state index >= 15 is 0 Å². The molecule has 4 nitrogen and oxygen atoms in total. The summed E-state index contributed by atoms with van der Waals surface area (Å²) in [5.74, 6) is 0.657. The summed E-state index contributed by atoms with van der Waals surface area (Å²) in [5.41, 5.74) is 0.367. The van der Waals surface area contributed by atoms with Crippen molar-refractivity contribution in [1.82, 2.24) is 10.1 Å². The second-order valence-corrected chi connectivity index (χ2v) is 4.70. The molecule has 1 aromatic heterocycles. The van der Waals surface area contributed by atoms with Crippen LogP contribution in [0, 0.1) is 6.92 Å². The maximum absolute atomic E-state index is 12.1. The third-order valence-electron chi connectivity index (χ3n) is 2.99. The first-order valence-corrected chi connectivity index (χ1v) is 5.26. The van der Waals surface area contributed by atoms with Gasteiger partial charge in [-0.1, -0.05) is 5.16 Å². The lowest BCUT2D eigenvalue weighted by Gasteiger charge is -2.30. The number of carbonyl (C=O) groups excluding carboxylic acids is 1. The summed E-state index contributed by atoms with van der Waals surface area (Å²) in [5, 5.41) is 3.76. The Morgan fingerprint density at radius 3 is 2.80 bits per heavy atom. The quantitative estimate of drug-likeness (QED) is 0.709. The molecule has 82 valence electrons. The lowest BCUT2D eigenvalue weighted by atomic mass is 10.0. The zero-order chi connectivity index (χ0) is 11.1. The summed E-state index contributed by atoms with van der Waals surface area (Å²) in [4.78, 5) is 14.0. The van der Waals surface area contributed by atoms with Crippen molar-refractivity contribution in [3.05, 3.63) is 17.5 Å². The molecule has 0 aliphatic carbocycles. The van der Waals surface area contributed by atoms with Crippen LogP contribution in [0.3, 0.4) is 0 Å². The Bertz CT molecular complexity index is 382. The molecule has 0 saturated carbocycles. The molecule has 1 aliphatic heterocycles. The molecule has 0 bridgehead atoms. The van der Waals surface area contributed by atoms with Gasteiger partial charge in [0.25, 0.3) is 5.91 Å². The van der Waals surface area contributed by atoms with Gasteiger partial charge in [0.05, 0.1) is 0 Å². The van der Waals surface area contributed by atoms with Gasteiger partial charge in [-0.25, -0.2) is 0 Å². The molecule has 1 amide bonds. The average molecular weight is 208 g/mol. The topological polar surface area (TPSA) is 46.3 Å². The molecular formula is C11H16N2O2. The minimum atomic E-state index is -0.0516. The maximum Gasteiger partial charge on any atom is 0.276 e. The van der Waals surface area contributed by atoms with Crippen LogP contribution in [0.2, 0.25) is 0 Å². The molecular weight excluding hydrogens is 192 g/mol. The van der Waals surface area contributed by atoms with Gasteiger partial charge in [-0.15, -0.1) is 0 Å². The highest BCUT2D eigenvalue weighted by Gasteiger charge is 2.36. The van der Waals surface area contributed by atoms with Crippen LogP contribution in [0.1, 0.15) is 42.9 Å². The number of hydrogen-bond acceptors (Lipinski definition) is 3. The van der Waals surface area contributed by atoms with Gasteiger partial charge in [0, 0.05) is 18.2 Å². The van der Waals surface area contributed by atoms with Crippen LogP contribution in [0.15, 0.2) is 10.6 Å². The first-order valence-electron chi connectivity index (χ1n) is 5.26. The fraction of sp³-hybridized carbons (Fsp3) is 0.636. The van der Waals surface area contributed by atoms with Gasteiger partial charge in [0.15, 0.2) is 5.69 Å². The third-order valence-corrected chi connectivity index (χ3v) is 2.99. The SMILES string of the molecule is Cc1cc(C(=O)N2CCCC2(C)C)no1. The summed E-state index contributed by atoms with van der Waals surface area (Å²) in [7, 11) is 0. The highest BCUT2D eigenvalue weighted by atomic mass is 16.5. The van der Waals surface area contributed by atoms with E-state index in [-0.39, 0.29) is 11.4 Å². The number of rotatable bonds is 1. The summed E-state index contributed by atoms with van der Waals surface area (Å²) >= 11 is 0. The molecule has 15 heavy (non-hydrogen) atoms. The van der Waals surface area contributed by atoms with E-state index in [9.17, 15) is 4.79 Å². The molecule has 1 saturated heterocycles. The van der Waals surface area contributed by atoms with Crippen LogP contribution in [-0.4, -0.2) is 28.0 Å². The van der Waals surface area contributed by atoms with E-state index in [0.717, 1.165) is 19.4 Å². The number of hydrogen-bond donors (Lipinski definition) is 0. The minimum Gasteiger partial charge on any atom is -0.361 e.